The van der Waals surface area contributed by atoms with E-state index in [-0.39, 0.29) is 34.9 Å². The van der Waals surface area contributed by atoms with Crippen LogP contribution in [0.1, 0.15) is 34.1 Å². The summed E-state index contributed by atoms with van der Waals surface area (Å²) in [6, 6.07) is -0.276. The Labute approximate surface area is 174 Å². The lowest BCUT2D eigenvalue weighted by atomic mass is 9.79. The quantitative estimate of drug-likeness (QED) is 0.393. The standard InChI is InChI=1S/C19H29N3O6S/c1-8-13-12(9(2)23)16(24)22(13)14(17(25)26)15(8)29-11-5-10(21-6-11)7-28-19(3,4)18(20)27/h8-13,21,23H,5-7H2,1-4H3,(H2,20,27)(H,25,26)/t8-,9-,10+,11+,12-,13-/m1/s1. The van der Waals surface area contributed by atoms with Gasteiger partial charge in [0.2, 0.25) is 11.8 Å². The van der Waals surface area contributed by atoms with Crippen LogP contribution >= 0.6 is 11.8 Å². The van der Waals surface area contributed by atoms with Gasteiger partial charge in [-0.25, -0.2) is 4.79 Å². The van der Waals surface area contributed by atoms with E-state index in [0.29, 0.717) is 18.1 Å². The van der Waals surface area contributed by atoms with Crippen LogP contribution in [0.15, 0.2) is 10.6 Å². The molecule has 29 heavy (non-hydrogen) atoms. The number of aliphatic carboxylic acids is 1. The number of amides is 2. The Balaban J connectivity index is 1.66. The highest BCUT2D eigenvalue weighted by Gasteiger charge is 2.60. The lowest BCUT2D eigenvalue weighted by Gasteiger charge is -2.46. The van der Waals surface area contributed by atoms with Gasteiger partial charge in [-0.15, -0.1) is 11.8 Å². The van der Waals surface area contributed by atoms with Crippen molar-refractivity contribution in [2.45, 2.75) is 63.2 Å². The second-order valence-electron chi connectivity index (χ2n) is 8.54. The minimum atomic E-state index is -1.12. The molecule has 3 aliphatic heterocycles. The summed E-state index contributed by atoms with van der Waals surface area (Å²) in [7, 11) is 0. The zero-order valence-electron chi connectivity index (χ0n) is 17.0. The number of hydrogen-bond acceptors (Lipinski definition) is 7. The van der Waals surface area contributed by atoms with Crippen LogP contribution in [-0.2, 0) is 19.1 Å². The van der Waals surface area contributed by atoms with Crippen LogP contribution in [0.2, 0.25) is 0 Å². The van der Waals surface area contributed by atoms with E-state index >= 15 is 0 Å². The van der Waals surface area contributed by atoms with E-state index in [0.717, 1.165) is 6.42 Å². The number of rotatable bonds is 8. The van der Waals surface area contributed by atoms with Crippen molar-refractivity contribution in [3.63, 3.8) is 0 Å². The number of hydrogen-bond donors (Lipinski definition) is 4. The van der Waals surface area contributed by atoms with Gasteiger partial charge in [0.05, 0.1) is 24.7 Å². The molecule has 0 unspecified atom stereocenters. The number of nitrogens with zero attached hydrogens (tertiary/aromatic N) is 1. The molecule has 0 aromatic rings. The minimum Gasteiger partial charge on any atom is -0.477 e. The van der Waals surface area contributed by atoms with Gasteiger partial charge in [0.15, 0.2) is 0 Å². The number of β-lactam (4-membered cyclic amide) rings is 1. The Kier molecular flexibility index (Phi) is 6.01. The summed E-state index contributed by atoms with van der Waals surface area (Å²) in [4.78, 5) is 37.7. The Bertz CT molecular complexity index is 752. The second kappa shape index (κ2) is 7.90. The summed E-state index contributed by atoms with van der Waals surface area (Å²) >= 11 is 1.48. The van der Waals surface area contributed by atoms with Crippen LogP contribution in [0.5, 0.6) is 0 Å². The molecule has 2 amide bonds. The number of primary amides is 1. The summed E-state index contributed by atoms with van der Waals surface area (Å²) < 4.78 is 5.64. The van der Waals surface area contributed by atoms with Crippen molar-refractivity contribution < 1.29 is 29.3 Å². The van der Waals surface area contributed by atoms with Gasteiger partial charge in [-0.05, 0) is 27.2 Å². The third kappa shape index (κ3) is 3.90. The molecule has 162 valence electrons. The summed E-state index contributed by atoms with van der Waals surface area (Å²) in [5.74, 6) is -2.68. The molecule has 5 N–H and O–H groups in total. The Morgan fingerprint density at radius 1 is 1.45 bits per heavy atom. The largest absolute Gasteiger partial charge is 0.477 e. The van der Waals surface area contributed by atoms with Gasteiger partial charge in [0.1, 0.15) is 11.3 Å². The fourth-order valence-electron chi connectivity index (χ4n) is 4.24. The van der Waals surface area contributed by atoms with Crippen molar-refractivity contribution in [1.29, 1.82) is 0 Å². The minimum absolute atomic E-state index is 0.0283. The first-order chi connectivity index (χ1) is 13.5. The number of fused-ring (bicyclic) bond motifs is 1. The van der Waals surface area contributed by atoms with Crippen molar-refractivity contribution in [3.8, 4) is 0 Å². The first kappa shape index (κ1) is 22.1. The number of thioether (sulfide) groups is 1. The maximum Gasteiger partial charge on any atom is 0.353 e. The maximum atomic E-state index is 12.4. The van der Waals surface area contributed by atoms with Gasteiger partial charge < -0.3 is 30.9 Å². The SMILES string of the molecule is C[C@@H](O)[C@H]1C(=O)N2C(C(=O)O)=C(S[C@@H]3CN[C@H](COC(C)(C)C(N)=O)C3)[C@H](C)[C@H]12. The highest BCUT2D eigenvalue weighted by atomic mass is 32.2. The van der Waals surface area contributed by atoms with Crippen molar-refractivity contribution >= 4 is 29.5 Å². The van der Waals surface area contributed by atoms with E-state index in [1.807, 2.05) is 6.92 Å². The maximum absolute atomic E-state index is 12.4. The topological polar surface area (TPSA) is 142 Å². The predicted molar refractivity (Wildman–Crippen MR) is 107 cm³/mol. The molecule has 2 saturated heterocycles. The van der Waals surface area contributed by atoms with Gasteiger partial charge in [-0.2, -0.15) is 0 Å². The molecule has 0 radical (unpaired) electrons. The van der Waals surface area contributed by atoms with E-state index in [1.54, 1.807) is 20.8 Å². The first-order valence-corrected chi connectivity index (χ1v) is 10.7. The van der Waals surface area contributed by atoms with E-state index in [9.17, 15) is 24.6 Å². The zero-order valence-corrected chi connectivity index (χ0v) is 17.9. The zero-order chi connectivity index (χ0) is 21.7. The average molecular weight is 428 g/mol. The van der Waals surface area contributed by atoms with Crippen LogP contribution in [-0.4, -0.2) is 75.1 Å². The monoisotopic (exact) mass is 427 g/mol. The lowest BCUT2D eigenvalue weighted by molar-refractivity contribution is -0.163. The van der Waals surface area contributed by atoms with Crippen molar-refractivity contribution in [1.82, 2.24) is 10.2 Å². The Morgan fingerprint density at radius 2 is 2.10 bits per heavy atom. The second-order valence-corrected chi connectivity index (χ2v) is 9.88. The summed E-state index contributed by atoms with van der Waals surface area (Å²) in [5, 5.41) is 23.1. The number of ether oxygens (including phenoxy) is 1. The first-order valence-electron chi connectivity index (χ1n) is 9.78. The molecule has 3 aliphatic rings. The van der Waals surface area contributed by atoms with Crippen LogP contribution in [0, 0.1) is 11.8 Å². The molecule has 10 heteroatoms. The molecule has 0 aliphatic carbocycles. The molecule has 0 bridgehead atoms. The summed E-state index contributed by atoms with van der Waals surface area (Å²) in [6.07, 6.45) is -0.0740. The molecule has 0 spiro atoms. The molecule has 0 saturated carbocycles. The van der Waals surface area contributed by atoms with E-state index in [1.165, 1.54) is 16.7 Å². The number of nitrogens with one attached hydrogen (secondary N) is 1. The Morgan fingerprint density at radius 3 is 2.66 bits per heavy atom. The molecular formula is C19H29N3O6S. The van der Waals surface area contributed by atoms with E-state index in [2.05, 4.69) is 5.32 Å². The number of carboxylic acids is 1. The smallest absolute Gasteiger partial charge is 0.353 e. The van der Waals surface area contributed by atoms with Gasteiger partial charge in [0, 0.05) is 28.7 Å². The Hall–Kier alpha value is -1.62. The van der Waals surface area contributed by atoms with E-state index < -0.39 is 29.5 Å². The van der Waals surface area contributed by atoms with Crippen molar-refractivity contribution in [2.75, 3.05) is 13.2 Å². The predicted octanol–water partition coefficient (Wildman–Crippen LogP) is -0.116. The van der Waals surface area contributed by atoms with Crippen LogP contribution in [0.25, 0.3) is 0 Å². The van der Waals surface area contributed by atoms with Gasteiger partial charge in [-0.1, -0.05) is 6.92 Å². The number of nitrogens with two attached hydrogens (primary N) is 1. The number of aliphatic hydroxyl groups is 1. The normalized spacial score (nSPS) is 32.9. The van der Waals surface area contributed by atoms with E-state index in [4.69, 9.17) is 10.5 Å². The van der Waals surface area contributed by atoms with Crippen LogP contribution in [0.3, 0.4) is 0 Å². The molecular weight excluding hydrogens is 398 g/mol. The van der Waals surface area contributed by atoms with Crippen LogP contribution in [0.4, 0.5) is 0 Å². The van der Waals surface area contributed by atoms with Gasteiger partial charge in [0.25, 0.3) is 0 Å². The number of aliphatic hydroxyl groups excluding tert-OH is 1. The van der Waals surface area contributed by atoms with Crippen LogP contribution < -0.4 is 11.1 Å². The number of carboxylic acid groups (broad SMARTS) is 1. The molecule has 3 rings (SSSR count). The number of carbonyl (C=O) groups is 3. The van der Waals surface area contributed by atoms with Crippen molar-refractivity contribution in [3.05, 3.63) is 10.6 Å². The molecule has 6 atom stereocenters. The number of carbonyl (C=O) groups excluding carboxylic acids is 2. The molecule has 0 aromatic heterocycles. The lowest BCUT2D eigenvalue weighted by Crippen LogP contribution is -2.63. The highest BCUT2D eigenvalue weighted by molar-refractivity contribution is 8.03. The molecule has 3 heterocycles. The molecule has 0 aromatic carbocycles. The third-order valence-corrected chi connectivity index (χ3v) is 7.54. The summed E-state index contributed by atoms with van der Waals surface area (Å²) in [5.41, 5.74) is 4.32. The highest BCUT2D eigenvalue weighted by Crippen LogP contribution is 2.51. The molecule has 2 fully saturated rings. The summed E-state index contributed by atoms with van der Waals surface area (Å²) in [6.45, 7) is 7.72. The average Bonchev–Trinajstić information content (AvgIpc) is 3.15. The molecule has 9 nitrogen and oxygen atoms in total. The van der Waals surface area contributed by atoms with Gasteiger partial charge >= 0.3 is 5.97 Å². The fraction of sp³-hybridized carbons (Fsp3) is 0.737. The fourth-order valence-corrected chi connectivity index (χ4v) is 5.76. The van der Waals surface area contributed by atoms with Crippen molar-refractivity contribution in [2.24, 2.45) is 17.6 Å². The van der Waals surface area contributed by atoms with Gasteiger partial charge in [-0.3, -0.25) is 9.59 Å². The third-order valence-electron chi connectivity index (χ3n) is 6.03.